The number of sulfonamides is 1. The lowest BCUT2D eigenvalue weighted by Gasteiger charge is -2.31. The maximum atomic E-state index is 14.8. The van der Waals surface area contributed by atoms with Gasteiger partial charge in [-0.2, -0.15) is 0 Å². The molecule has 1 aliphatic rings. The molecule has 4 rings (SSSR count). The van der Waals surface area contributed by atoms with Crippen molar-refractivity contribution in [2.75, 3.05) is 23.1 Å². The molecule has 1 aliphatic heterocycles. The minimum Gasteiger partial charge on any atom is -0.392 e. The molecule has 0 saturated carbocycles. The van der Waals surface area contributed by atoms with Crippen molar-refractivity contribution in [2.24, 2.45) is 0 Å². The standard InChI is InChI=1S/C22H21ClFN5O3S2/c1-25-15-4-2-14(3-5-15)10-22(11-16(30)12-28-22)13-27-19-9-18(24)20(8-17(19)23)34(31,32)29-21-26-6-7-33-21/h2-9,16,27-28,30H,10-13H2,(H,26,29)/t16-,22-/m0/s1. The number of nitrogens with zero attached hydrogens (tertiary/aromatic N) is 2. The second-order valence-corrected chi connectivity index (χ2v) is 11.0. The van der Waals surface area contributed by atoms with Gasteiger partial charge in [-0.3, -0.25) is 4.72 Å². The van der Waals surface area contributed by atoms with Crippen LogP contribution in [-0.2, 0) is 16.4 Å². The van der Waals surface area contributed by atoms with Gasteiger partial charge in [0.05, 0.1) is 23.4 Å². The summed E-state index contributed by atoms with van der Waals surface area (Å²) in [6.07, 6.45) is 1.90. The Morgan fingerprint density at radius 1 is 1.35 bits per heavy atom. The van der Waals surface area contributed by atoms with Crippen molar-refractivity contribution in [3.8, 4) is 0 Å². The van der Waals surface area contributed by atoms with Crippen LogP contribution in [0.1, 0.15) is 12.0 Å². The molecule has 4 N–H and O–H groups in total. The van der Waals surface area contributed by atoms with Gasteiger partial charge in [-0.15, -0.1) is 11.3 Å². The average molecular weight is 522 g/mol. The number of halogens is 2. The quantitative estimate of drug-likeness (QED) is 0.333. The molecule has 0 amide bonds. The third-order valence-electron chi connectivity index (χ3n) is 5.53. The highest BCUT2D eigenvalue weighted by Gasteiger charge is 2.38. The number of benzene rings is 2. The van der Waals surface area contributed by atoms with E-state index < -0.39 is 32.4 Å². The van der Waals surface area contributed by atoms with Gasteiger partial charge in [0.2, 0.25) is 0 Å². The lowest BCUT2D eigenvalue weighted by atomic mass is 9.88. The number of aliphatic hydroxyl groups is 1. The first-order valence-corrected chi connectivity index (χ1v) is 13.0. The normalized spacial score (nSPS) is 20.1. The molecule has 0 bridgehead atoms. The first kappa shape index (κ1) is 24.4. The largest absolute Gasteiger partial charge is 0.392 e. The second-order valence-electron chi connectivity index (χ2n) is 8.03. The Balaban J connectivity index is 1.52. The van der Waals surface area contributed by atoms with E-state index in [-0.39, 0.29) is 15.8 Å². The van der Waals surface area contributed by atoms with E-state index in [1.165, 1.54) is 6.20 Å². The number of nitrogens with one attached hydrogen (secondary N) is 3. The molecule has 0 unspecified atom stereocenters. The van der Waals surface area contributed by atoms with Gasteiger partial charge in [0.25, 0.3) is 10.0 Å². The van der Waals surface area contributed by atoms with Gasteiger partial charge in [-0.25, -0.2) is 22.6 Å². The van der Waals surface area contributed by atoms with Crippen LogP contribution in [0.15, 0.2) is 52.9 Å². The first-order chi connectivity index (χ1) is 16.2. The highest BCUT2D eigenvalue weighted by atomic mass is 35.5. The van der Waals surface area contributed by atoms with Gasteiger partial charge >= 0.3 is 0 Å². The Hall–Kier alpha value is -2.75. The van der Waals surface area contributed by atoms with Gasteiger partial charge < -0.3 is 15.7 Å². The molecule has 1 saturated heterocycles. The summed E-state index contributed by atoms with van der Waals surface area (Å²) in [4.78, 5) is 6.66. The lowest BCUT2D eigenvalue weighted by molar-refractivity contribution is 0.185. The zero-order chi connectivity index (χ0) is 24.3. The molecule has 2 atom stereocenters. The molecule has 2 heterocycles. The summed E-state index contributed by atoms with van der Waals surface area (Å²) in [5.74, 6) is -0.959. The van der Waals surface area contributed by atoms with Gasteiger partial charge in [-0.05, 0) is 30.5 Å². The van der Waals surface area contributed by atoms with Crippen molar-refractivity contribution in [1.82, 2.24) is 10.3 Å². The Bertz CT molecular complexity index is 1310. The second kappa shape index (κ2) is 9.85. The number of thiazole rings is 1. The molecule has 0 spiro atoms. The Morgan fingerprint density at radius 2 is 2.12 bits per heavy atom. The van der Waals surface area contributed by atoms with Crippen molar-refractivity contribution in [3.63, 3.8) is 0 Å². The van der Waals surface area contributed by atoms with Crippen LogP contribution in [0.5, 0.6) is 0 Å². The molecule has 0 radical (unpaired) electrons. The van der Waals surface area contributed by atoms with Crippen molar-refractivity contribution in [3.05, 3.63) is 75.8 Å². The molecule has 12 heteroatoms. The van der Waals surface area contributed by atoms with E-state index in [2.05, 4.69) is 25.2 Å². The number of hydrogen-bond donors (Lipinski definition) is 4. The van der Waals surface area contributed by atoms with Crippen molar-refractivity contribution in [2.45, 2.75) is 29.4 Å². The minimum atomic E-state index is -4.21. The van der Waals surface area contributed by atoms with E-state index in [9.17, 15) is 17.9 Å². The van der Waals surface area contributed by atoms with Crippen LogP contribution in [0.4, 0.5) is 20.9 Å². The fourth-order valence-corrected chi connectivity index (χ4v) is 6.09. The molecule has 178 valence electrons. The number of aliphatic hydroxyl groups excluding tert-OH is 1. The molecule has 3 aromatic rings. The molecule has 2 aromatic carbocycles. The molecule has 34 heavy (non-hydrogen) atoms. The van der Waals surface area contributed by atoms with E-state index in [1.807, 2.05) is 12.1 Å². The maximum Gasteiger partial charge on any atom is 0.266 e. The molecular formula is C22H21ClFN5O3S2. The predicted molar refractivity (Wildman–Crippen MR) is 131 cm³/mol. The molecule has 0 aliphatic carbocycles. The fourth-order valence-electron chi connectivity index (χ4n) is 3.92. The van der Waals surface area contributed by atoms with Gasteiger partial charge in [0, 0.05) is 30.2 Å². The Labute approximate surface area is 205 Å². The summed E-state index contributed by atoms with van der Waals surface area (Å²) in [5.41, 5.74) is 1.20. The van der Waals surface area contributed by atoms with Crippen molar-refractivity contribution in [1.29, 1.82) is 0 Å². The van der Waals surface area contributed by atoms with Gasteiger partial charge in [-0.1, -0.05) is 35.9 Å². The SMILES string of the molecule is [C-]#[N+]c1ccc(C[C@@]2(CNc3cc(F)c(S(=O)(=O)Nc4nccs4)cc3Cl)C[C@H](O)CN2)cc1. The fraction of sp³-hybridized carbons (Fsp3) is 0.273. The number of rotatable bonds is 8. The first-order valence-electron chi connectivity index (χ1n) is 10.2. The summed E-state index contributed by atoms with van der Waals surface area (Å²) in [5, 5.41) is 18.4. The molecule has 1 fully saturated rings. The summed E-state index contributed by atoms with van der Waals surface area (Å²) >= 11 is 7.38. The van der Waals surface area contributed by atoms with E-state index >= 15 is 0 Å². The predicted octanol–water partition coefficient (Wildman–Crippen LogP) is 4.03. The summed E-state index contributed by atoms with van der Waals surface area (Å²) in [6.45, 7) is 7.80. The van der Waals surface area contributed by atoms with E-state index in [1.54, 1.807) is 17.5 Å². The number of β-amino-alcohol motifs (C(OH)–C–C–N with tert-alkyl or cyclic N) is 1. The Kier molecular flexibility index (Phi) is 7.06. The molecule has 1 aromatic heterocycles. The summed E-state index contributed by atoms with van der Waals surface area (Å²) in [7, 11) is -4.21. The highest BCUT2D eigenvalue weighted by molar-refractivity contribution is 7.93. The lowest BCUT2D eigenvalue weighted by Crippen LogP contribution is -2.48. The summed E-state index contributed by atoms with van der Waals surface area (Å²) in [6, 6.07) is 9.30. The van der Waals surface area contributed by atoms with E-state index in [4.69, 9.17) is 18.2 Å². The van der Waals surface area contributed by atoms with Gasteiger partial charge in [0.15, 0.2) is 10.8 Å². The number of anilines is 2. The third kappa shape index (κ3) is 5.48. The zero-order valence-electron chi connectivity index (χ0n) is 17.8. The van der Waals surface area contributed by atoms with E-state index in [0.717, 1.165) is 29.0 Å². The van der Waals surface area contributed by atoms with Crippen LogP contribution in [0.25, 0.3) is 4.85 Å². The highest BCUT2D eigenvalue weighted by Crippen LogP contribution is 2.32. The van der Waals surface area contributed by atoms with Crippen LogP contribution in [0.2, 0.25) is 5.02 Å². The third-order valence-corrected chi connectivity index (χ3v) is 8.01. The summed E-state index contributed by atoms with van der Waals surface area (Å²) < 4.78 is 42.2. The number of hydrogen-bond acceptors (Lipinski definition) is 7. The van der Waals surface area contributed by atoms with Crippen molar-refractivity contribution >= 4 is 49.5 Å². The minimum absolute atomic E-state index is 0.0380. The zero-order valence-corrected chi connectivity index (χ0v) is 20.1. The maximum absolute atomic E-state index is 14.8. The van der Waals surface area contributed by atoms with Gasteiger partial charge in [0.1, 0.15) is 10.7 Å². The van der Waals surface area contributed by atoms with E-state index in [0.29, 0.717) is 31.6 Å². The number of aromatic nitrogens is 1. The average Bonchev–Trinajstić information content (AvgIpc) is 3.44. The smallest absolute Gasteiger partial charge is 0.266 e. The topological polar surface area (TPSA) is 108 Å². The molecular weight excluding hydrogens is 501 g/mol. The van der Waals surface area contributed by atoms with Crippen molar-refractivity contribution < 1.29 is 17.9 Å². The van der Waals surface area contributed by atoms with Crippen LogP contribution in [0, 0.1) is 12.4 Å². The molecule has 8 nitrogen and oxygen atoms in total. The van der Waals surface area contributed by atoms with Crippen LogP contribution < -0.4 is 15.4 Å². The van der Waals surface area contributed by atoms with Crippen LogP contribution in [-0.4, -0.2) is 43.2 Å². The van der Waals surface area contributed by atoms with Crippen LogP contribution >= 0.6 is 22.9 Å². The Morgan fingerprint density at radius 3 is 2.74 bits per heavy atom. The van der Waals surface area contributed by atoms with Crippen LogP contribution in [0.3, 0.4) is 0 Å². The monoisotopic (exact) mass is 521 g/mol.